The number of rotatable bonds is 5. The lowest BCUT2D eigenvalue weighted by molar-refractivity contribution is -0.116. The van der Waals surface area contributed by atoms with Crippen molar-refractivity contribution >= 4 is 21.6 Å². The number of amides is 1. The van der Waals surface area contributed by atoms with Crippen molar-refractivity contribution in [1.82, 2.24) is 4.72 Å². The highest BCUT2D eigenvalue weighted by Gasteiger charge is 2.24. The third-order valence-corrected chi connectivity index (χ3v) is 4.70. The molecule has 0 fully saturated rings. The summed E-state index contributed by atoms with van der Waals surface area (Å²) in [5.41, 5.74) is 0.562. The summed E-state index contributed by atoms with van der Waals surface area (Å²) in [6.45, 7) is 11.0. The van der Waals surface area contributed by atoms with Crippen LogP contribution in [-0.4, -0.2) is 19.9 Å². The third-order valence-electron chi connectivity index (χ3n) is 2.80. The number of nitrogens with one attached hydrogen (secondary N) is 2. The van der Waals surface area contributed by atoms with Crippen LogP contribution in [0, 0.1) is 12.8 Å². The molecule has 0 aliphatic heterocycles. The largest absolute Gasteiger partial charge is 0.326 e. The Kier molecular flexibility index (Phi) is 5.76. The molecule has 0 atom stereocenters. The van der Waals surface area contributed by atoms with E-state index in [9.17, 15) is 13.2 Å². The maximum Gasteiger partial charge on any atom is 0.241 e. The molecule has 0 saturated carbocycles. The monoisotopic (exact) mass is 326 g/mol. The van der Waals surface area contributed by atoms with E-state index in [0.29, 0.717) is 17.7 Å². The average Bonchev–Trinajstić information content (AvgIpc) is 2.27. The first kappa shape index (κ1) is 18.6. The van der Waals surface area contributed by atoms with Gasteiger partial charge in [0.2, 0.25) is 15.9 Å². The fourth-order valence-corrected chi connectivity index (χ4v) is 3.70. The van der Waals surface area contributed by atoms with Crippen LogP contribution < -0.4 is 10.0 Å². The van der Waals surface area contributed by atoms with E-state index in [4.69, 9.17) is 0 Å². The SMILES string of the molecule is Cc1ccc(NC(=O)CC(C)C)cc1S(=O)(=O)NC(C)(C)C. The fourth-order valence-electron chi connectivity index (χ4n) is 2.01. The van der Waals surface area contributed by atoms with Crippen LogP contribution in [0.15, 0.2) is 23.1 Å². The molecule has 1 amide bonds. The Hall–Kier alpha value is -1.40. The summed E-state index contributed by atoms with van der Waals surface area (Å²) in [6, 6.07) is 4.91. The Morgan fingerprint density at radius 1 is 1.23 bits per heavy atom. The molecule has 0 aliphatic rings. The number of aryl methyl sites for hydroxylation is 1. The third kappa shape index (κ3) is 5.77. The number of carbonyl (C=O) groups excluding carboxylic acids is 1. The van der Waals surface area contributed by atoms with Gasteiger partial charge >= 0.3 is 0 Å². The Labute approximate surface area is 133 Å². The van der Waals surface area contributed by atoms with Gasteiger partial charge in [-0.2, -0.15) is 0 Å². The number of hydrogen-bond acceptors (Lipinski definition) is 3. The topological polar surface area (TPSA) is 75.3 Å². The second-order valence-corrected chi connectivity index (χ2v) is 8.63. The maximum atomic E-state index is 12.5. The second kappa shape index (κ2) is 6.79. The van der Waals surface area contributed by atoms with E-state index in [1.54, 1.807) is 39.8 Å². The van der Waals surface area contributed by atoms with Gasteiger partial charge in [0, 0.05) is 17.6 Å². The van der Waals surface area contributed by atoms with Gasteiger partial charge in [-0.3, -0.25) is 4.79 Å². The van der Waals surface area contributed by atoms with Crippen LogP contribution >= 0.6 is 0 Å². The number of benzene rings is 1. The van der Waals surface area contributed by atoms with E-state index in [2.05, 4.69) is 10.0 Å². The minimum absolute atomic E-state index is 0.119. The highest BCUT2D eigenvalue weighted by molar-refractivity contribution is 7.89. The lowest BCUT2D eigenvalue weighted by atomic mass is 10.1. The Morgan fingerprint density at radius 2 is 1.82 bits per heavy atom. The molecule has 0 spiro atoms. The normalized spacial score (nSPS) is 12.5. The predicted molar refractivity (Wildman–Crippen MR) is 89.3 cm³/mol. The Morgan fingerprint density at radius 3 is 2.32 bits per heavy atom. The summed E-state index contributed by atoms with van der Waals surface area (Å²) >= 11 is 0. The van der Waals surface area contributed by atoms with Gasteiger partial charge in [0.25, 0.3) is 0 Å². The van der Waals surface area contributed by atoms with E-state index >= 15 is 0 Å². The van der Waals surface area contributed by atoms with Crippen molar-refractivity contribution in [2.75, 3.05) is 5.32 Å². The minimum Gasteiger partial charge on any atom is -0.326 e. The molecular weight excluding hydrogens is 300 g/mol. The number of sulfonamides is 1. The van der Waals surface area contributed by atoms with Gasteiger partial charge in [-0.25, -0.2) is 13.1 Å². The first-order valence-corrected chi connectivity index (χ1v) is 8.83. The predicted octanol–water partition coefficient (Wildman–Crippen LogP) is 3.06. The van der Waals surface area contributed by atoms with Crippen molar-refractivity contribution in [1.29, 1.82) is 0 Å². The maximum absolute atomic E-state index is 12.5. The minimum atomic E-state index is -3.63. The molecule has 0 radical (unpaired) electrons. The summed E-state index contributed by atoms with van der Waals surface area (Å²) < 4.78 is 27.5. The van der Waals surface area contributed by atoms with Crippen molar-refractivity contribution in [3.8, 4) is 0 Å². The van der Waals surface area contributed by atoms with E-state index in [1.807, 2.05) is 13.8 Å². The van der Waals surface area contributed by atoms with Crippen molar-refractivity contribution < 1.29 is 13.2 Å². The van der Waals surface area contributed by atoms with E-state index in [0.717, 1.165) is 0 Å². The van der Waals surface area contributed by atoms with Crippen molar-refractivity contribution in [2.24, 2.45) is 5.92 Å². The van der Waals surface area contributed by atoms with E-state index in [-0.39, 0.29) is 16.7 Å². The van der Waals surface area contributed by atoms with Crippen LogP contribution in [0.1, 0.15) is 46.6 Å². The fraction of sp³-hybridized carbons (Fsp3) is 0.562. The molecule has 6 heteroatoms. The lowest BCUT2D eigenvalue weighted by Gasteiger charge is -2.21. The zero-order valence-corrected chi connectivity index (χ0v) is 15.0. The van der Waals surface area contributed by atoms with Gasteiger partial charge in [-0.1, -0.05) is 19.9 Å². The zero-order chi connectivity index (χ0) is 17.1. The van der Waals surface area contributed by atoms with Crippen LogP contribution in [0.25, 0.3) is 0 Å². The van der Waals surface area contributed by atoms with Crippen LogP contribution in [0.2, 0.25) is 0 Å². The molecule has 22 heavy (non-hydrogen) atoms. The standard InChI is InChI=1S/C16H26N2O3S/c1-11(2)9-15(19)17-13-8-7-12(3)14(10-13)22(20,21)18-16(4,5)6/h7-8,10-11,18H,9H2,1-6H3,(H,17,19). The van der Waals surface area contributed by atoms with Crippen molar-refractivity contribution in [3.63, 3.8) is 0 Å². The van der Waals surface area contributed by atoms with Gasteiger partial charge < -0.3 is 5.32 Å². The summed E-state index contributed by atoms with van der Waals surface area (Å²) in [7, 11) is -3.63. The lowest BCUT2D eigenvalue weighted by Crippen LogP contribution is -2.40. The highest BCUT2D eigenvalue weighted by atomic mass is 32.2. The number of anilines is 1. The molecule has 1 aromatic rings. The summed E-state index contributed by atoms with van der Waals surface area (Å²) in [5, 5.41) is 2.74. The molecule has 1 rings (SSSR count). The molecule has 1 aromatic carbocycles. The molecule has 0 aliphatic carbocycles. The van der Waals surface area contributed by atoms with Gasteiger partial charge in [0.05, 0.1) is 4.90 Å². The number of carbonyl (C=O) groups is 1. The first-order chi connectivity index (χ1) is 9.90. The van der Waals surface area contributed by atoms with Crippen molar-refractivity contribution in [3.05, 3.63) is 23.8 Å². The quantitative estimate of drug-likeness (QED) is 0.873. The van der Waals surface area contributed by atoms with Gasteiger partial charge in [-0.05, 0) is 51.3 Å². The van der Waals surface area contributed by atoms with Crippen LogP contribution in [-0.2, 0) is 14.8 Å². The van der Waals surface area contributed by atoms with Gasteiger partial charge in [-0.15, -0.1) is 0 Å². The molecule has 0 heterocycles. The number of hydrogen-bond donors (Lipinski definition) is 2. The molecule has 124 valence electrons. The summed E-state index contributed by atoms with van der Waals surface area (Å²) in [5.74, 6) is 0.127. The highest BCUT2D eigenvalue weighted by Crippen LogP contribution is 2.22. The Balaban J connectivity index is 3.07. The summed E-state index contributed by atoms with van der Waals surface area (Å²) in [4.78, 5) is 12.0. The molecule has 0 saturated heterocycles. The van der Waals surface area contributed by atoms with Crippen LogP contribution in [0.5, 0.6) is 0 Å². The Bertz CT molecular complexity index is 644. The van der Waals surface area contributed by atoms with Gasteiger partial charge in [0.15, 0.2) is 0 Å². The molecule has 5 nitrogen and oxygen atoms in total. The first-order valence-electron chi connectivity index (χ1n) is 7.35. The molecular formula is C16H26N2O3S. The molecule has 0 unspecified atom stereocenters. The van der Waals surface area contributed by atoms with Crippen molar-refractivity contribution in [2.45, 2.75) is 58.4 Å². The molecule has 0 bridgehead atoms. The van der Waals surface area contributed by atoms with Gasteiger partial charge in [0.1, 0.15) is 0 Å². The van der Waals surface area contributed by atoms with Crippen LogP contribution in [0.3, 0.4) is 0 Å². The van der Waals surface area contributed by atoms with E-state index < -0.39 is 15.6 Å². The summed E-state index contributed by atoms with van der Waals surface area (Å²) in [6.07, 6.45) is 0.399. The molecule has 2 N–H and O–H groups in total. The average molecular weight is 326 g/mol. The smallest absolute Gasteiger partial charge is 0.241 e. The van der Waals surface area contributed by atoms with E-state index in [1.165, 1.54) is 6.07 Å². The zero-order valence-electron chi connectivity index (χ0n) is 14.1. The van der Waals surface area contributed by atoms with Crippen LogP contribution in [0.4, 0.5) is 5.69 Å². The molecule has 0 aromatic heterocycles. The second-order valence-electron chi connectivity index (χ2n) is 6.98.